The molecule has 4 aromatic carbocycles. The van der Waals surface area contributed by atoms with Gasteiger partial charge in [-0.3, -0.25) is 0 Å². The van der Waals surface area contributed by atoms with E-state index in [0.717, 1.165) is 72.9 Å². The van der Waals surface area contributed by atoms with Gasteiger partial charge in [-0.15, -0.1) is 0 Å². The first kappa shape index (κ1) is 49.7. The van der Waals surface area contributed by atoms with Gasteiger partial charge in [-0.1, -0.05) is 102 Å². The molecule has 0 unspecified atom stereocenters. The van der Waals surface area contributed by atoms with E-state index >= 15 is 13.2 Å². The molecule has 0 amide bonds. The first-order valence-electron chi connectivity index (χ1n) is 23.8. The predicted molar refractivity (Wildman–Crippen MR) is 264 cm³/mol. The minimum absolute atomic E-state index is 0. The van der Waals surface area contributed by atoms with Crippen LogP contribution in [0.4, 0.5) is 13.2 Å². The smallest absolute Gasteiger partial charge is 0.416 e. The monoisotopic (exact) mass is 983 g/mol. The zero-order valence-electron chi connectivity index (χ0n) is 41.5. The third-order valence-corrected chi connectivity index (χ3v) is 17.5. The van der Waals surface area contributed by atoms with Crippen molar-refractivity contribution in [1.82, 2.24) is 4.98 Å². The molecule has 8 aliphatic rings. The normalized spacial score (nSPS) is 34.3. The van der Waals surface area contributed by atoms with Crippen LogP contribution >= 0.6 is 0 Å². The van der Waals surface area contributed by atoms with Gasteiger partial charge in [-0.2, -0.15) is 13.2 Å². The number of nitrogens with zero attached hydrogens (tertiary/aromatic N) is 1. The first-order valence-corrected chi connectivity index (χ1v) is 23.8. The van der Waals surface area contributed by atoms with Crippen LogP contribution in [0.25, 0.3) is 44.8 Å². The number of halogens is 3. The van der Waals surface area contributed by atoms with E-state index < -0.39 is 11.7 Å². The van der Waals surface area contributed by atoms with E-state index in [2.05, 4.69) is 67.5 Å². The first-order chi connectivity index (χ1) is 29.8. The van der Waals surface area contributed by atoms with Crippen LogP contribution in [0.1, 0.15) is 146 Å². The van der Waals surface area contributed by atoms with Gasteiger partial charge in [0, 0.05) is 70.4 Å². The molecule has 0 atom stereocenters. The second kappa shape index (κ2) is 15.7. The van der Waals surface area contributed by atoms with E-state index in [-0.39, 0.29) is 107 Å². The van der Waals surface area contributed by atoms with E-state index in [1.165, 1.54) is 38.5 Å². The molecule has 1 heterocycles. The molecule has 5 aromatic rings. The molecule has 8 aliphatic carbocycles. The molecule has 0 spiro atoms. The number of aromatic hydroxyl groups is 2. The maximum Gasteiger partial charge on any atom is 0.416 e. The number of rotatable bonds is 6. The fraction of sp³-hybridized carbons (Fsp3) is 0.483. The Kier molecular flexibility index (Phi) is 11.6. The van der Waals surface area contributed by atoms with Crippen LogP contribution in [-0.2, 0) is 43.2 Å². The summed E-state index contributed by atoms with van der Waals surface area (Å²) in [6.45, 7) is 18.8. The molecule has 8 fully saturated rings. The van der Waals surface area contributed by atoms with Crippen molar-refractivity contribution in [3.63, 3.8) is 0 Å². The van der Waals surface area contributed by atoms with Crippen LogP contribution < -0.4 is 0 Å². The number of phenols is 2. The molecule has 3 nitrogen and oxygen atoms in total. The molecule has 8 bridgehead atoms. The van der Waals surface area contributed by atoms with Crippen LogP contribution in [0, 0.1) is 61.2 Å². The van der Waals surface area contributed by atoms with Gasteiger partial charge in [0.05, 0.1) is 17.0 Å². The molecule has 0 saturated heterocycles. The summed E-state index contributed by atoms with van der Waals surface area (Å²) in [6, 6.07) is 25.5. The SMILES string of the molecule is Cc1cc(-c2ccccc2-c2cc(C(F)(F)F)cc(-c3ccccc3-c3cc(C)cc(C45CC6(C)CC(C)(CC(C)(C6)C4)C5)c3O)n2)c(O)c(C23CC4(C)CC(C)(CC(C)(C4)C2)C3)c1.[CH3-].[CH3-].[Zr]. The number of phenolic OH excluding ortho intramolecular Hbond substituents is 2. The predicted octanol–water partition coefficient (Wildman–Crippen LogP) is 17.0. The van der Waals surface area contributed by atoms with Crippen molar-refractivity contribution in [1.29, 1.82) is 0 Å². The van der Waals surface area contributed by atoms with Crippen LogP contribution in [0.3, 0.4) is 0 Å². The Labute approximate surface area is 418 Å². The minimum atomic E-state index is -4.66. The van der Waals surface area contributed by atoms with Crippen LogP contribution in [0.2, 0.25) is 0 Å². The van der Waals surface area contributed by atoms with Gasteiger partial charge < -0.3 is 25.1 Å². The van der Waals surface area contributed by atoms with Crippen molar-refractivity contribution in [2.24, 2.45) is 32.5 Å². The quantitative estimate of drug-likeness (QED) is 0.167. The van der Waals surface area contributed by atoms with E-state index in [1.807, 2.05) is 60.7 Å². The van der Waals surface area contributed by atoms with E-state index in [4.69, 9.17) is 4.98 Å². The third-order valence-electron chi connectivity index (χ3n) is 17.5. The van der Waals surface area contributed by atoms with Crippen molar-refractivity contribution in [3.05, 3.63) is 128 Å². The van der Waals surface area contributed by atoms with Gasteiger partial charge >= 0.3 is 6.18 Å². The Bertz CT molecular complexity index is 2520. The summed E-state index contributed by atoms with van der Waals surface area (Å²) in [5.74, 6) is 0.463. The molecular formula is C60H70F3NO2Zr-2. The number of hydrogen-bond donors (Lipinski definition) is 2. The zero-order valence-corrected chi connectivity index (χ0v) is 44.0. The second-order valence-corrected chi connectivity index (χ2v) is 25.2. The van der Waals surface area contributed by atoms with Gasteiger partial charge in [0.15, 0.2) is 0 Å². The minimum Gasteiger partial charge on any atom is -0.507 e. The largest absolute Gasteiger partial charge is 0.507 e. The fourth-order valence-electron chi connectivity index (χ4n) is 18.8. The van der Waals surface area contributed by atoms with Gasteiger partial charge in [-0.25, -0.2) is 4.98 Å². The van der Waals surface area contributed by atoms with E-state index in [1.54, 1.807) is 0 Å². The molecule has 0 radical (unpaired) electrons. The topological polar surface area (TPSA) is 53.4 Å². The van der Waals surface area contributed by atoms with Crippen LogP contribution in [-0.4, -0.2) is 15.2 Å². The third kappa shape index (κ3) is 8.00. The second-order valence-electron chi connectivity index (χ2n) is 25.2. The summed E-state index contributed by atoms with van der Waals surface area (Å²) >= 11 is 0. The average Bonchev–Trinajstić information content (AvgIpc) is 3.15. The van der Waals surface area contributed by atoms with Crippen molar-refractivity contribution < 1.29 is 49.6 Å². The summed E-state index contributed by atoms with van der Waals surface area (Å²) in [5, 5.41) is 25.2. The molecule has 7 heteroatoms. The number of aromatic nitrogens is 1. The van der Waals surface area contributed by atoms with Gasteiger partial charge in [0.25, 0.3) is 0 Å². The molecule has 0 aliphatic heterocycles. The van der Waals surface area contributed by atoms with Crippen molar-refractivity contribution >= 4 is 0 Å². The summed E-state index contributed by atoms with van der Waals surface area (Å²) < 4.78 is 45.5. The van der Waals surface area contributed by atoms with Gasteiger partial charge in [0.2, 0.25) is 0 Å². The molecule has 13 rings (SSSR count). The molecule has 354 valence electrons. The molecular weight excluding hydrogens is 915 g/mol. The number of hydrogen-bond acceptors (Lipinski definition) is 3. The summed E-state index contributed by atoms with van der Waals surface area (Å²) in [4.78, 5) is 5.11. The standard InChI is InChI=1S/C58H64F3NO2.2CH3.Zr/c1-35-17-42(48(63)44(19-35)56-29-50(3)23-51(4,30-56)25-52(5,24-50)31-56)38-13-9-11-15-40(38)46-21-37(58(59,60)61)22-47(62-46)41-16-12-10-14-39(41)43-18-36(2)20-45(49(43)64)57-32-53(6)26-54(7,33-57)28-55(8,27-53)34-57;;;/h9-22,63-64H,23-34H2,1-8H3;2*1H3;/q;2*-1;. The Hall–Kier alpha value is -3.70. The molecule has 8 saturated carbocycles. The van der Waals surface area contributed by atoms with E-state index in [0.29, 0.717) is 33.4 Å². The number of benzene rings is 4. The summed E-state index contributed by atoms with van der Waals surface area (Å²) in [6.07, 6.45) is 8.73. The van der Waals surface area contributed by atoms with Crippen molar-refractivity contribution in [3.8, 4) is 56.3 Å². The van der Waals surface area contributed by atoms with Crippen LogP contribution in [0.15, 0.2) is 84.9 Å². The number of alkyl halides is 3. The number of aryl methyl sites for hydroxylation is 2. The molecule has 67 heavy (non-hydrogen) atoms. The Balaban J connectivity index is 0.00000203. The molecule has 2 N–H and O–H groups in total. The van der Waals surface area contributed by atoms with Crippen molar-refractivity contribution in [2.75, 3.05) is 0 Å². The molecule has 1 aromatic heterocycles. The maximum atomic E-state index is 15.2. The zero-order chi connectivity index (χ0) is 45.3. The van der Waals surface area contributed by atoms with Crippen molar-refractivity contribution in [2.45, 2.75) is 149 Å². The van der Waals surface area contributed by atoms with Crippen LogP contribution in [0.5, 0.6) is 11.5 Å². The fourth-order valence-corrected chi connectivity index (χ4v) is 18.8. The Morgan fingerprint density at radius 1 is 0.433 bits per heavy atom. The number of pyridine rings is 1. The van der Waals surface area contributed by atoms with Gasteiger partial charge in [-0.05, 0) is 170 Å². The Morgan fingerprint density at radius 3 is 1.00 bits per heavy atom. The maximum absolute atomic E-state index is 15.2. The summed E-state index contributed by atoms with van der Waals surface area (Å²) in [5.41, 5.74) is 7.97. The Morgan fingerprint density at radius 2 is 0.716 bits per heavy atom. The average molecular weight is 985 g/mol. The van der Waals surface area contributed by atoms with Gasteiger partial charge in [0.1, 0.15) is 11.5 Å². The summed E-state index contributed by atoms with van der Waals surface area (Å²) in [7, 11) is 0. The van der Waals surface area contributed by atoms with E-state index in [9.17, 15) is 10.2 Å².